The predicted octanol–water partition coefficient (Wildman–Crippen LogP) is 10.5. The fourth-order valence-corrected chi connectivity index (χ4v) is 7.81. The molecule has 4 rings (SSSR count). The molecule has 2 N–H and O–H groups in total. The van der Waals surface area contributed by atoms with Crippen LogP contribution in [0.1, 0.15) is 82.9 Å². The monoisotopic (exact) mass is 736 g/mol. The van der Waals surface area contributed by atoms with E-state index in [1.807, 2.05) is 99.9 Å². The Bertz CT molecular complexity index is 1530. The van der Waals surface area contributed by atoms with E-state index < -0.39 is 11.2 Å². The van der Waals surface area contributed by atoms with E-state index in [1.54, 1.807) is 7.11 Å². The molecule has 5 nitrogen and oxygen atoms in total. The number of rotatable bonds is 14. The van der Waals surface area contributed by atoms with Crippen molar-refractivity contribution in [3.63, 3.8) is 0 Å². The highest BCUT2D eigenvalue weighted by Crippen LogP contribution is 2.40. The van der Waals surface area contributed by atoms with Crippen molar-refractivity contribution in [1.29, 1.82) is 0 Å². The zero-order valence-corrected chi connectivity index (χ0v) is 33.9. The highest BCUT2D eigenvalue weighted by Gasteiger charge is 2.39. The maximum atomic E-state index is 11.8. The molecule has 0 aromatic heterocycles. The summed E-state index contributed by atoms with van der Waals surface area (Å²) < 4.78 is 5.26. The molecule has 0 spiro atoms. The standard InChI is InChI=1S/C22H28ClNO2.C22H34ClNO/c1-16(14-18-6-10-20(23)11-7-18)22(25,17(2)15-24(3)4)19-8-12-21(26-5)13-9-19;1-17(14-19-10-12-21(23)13-11-19)22(25,18(2)16-24(3)4)15-20-8-6-5-7-9-20/h6-14,17,25H,15H2,1-5H3;10-14,18,20,25H,5-9,15-16H2,1-4H3. The van der Waals surface area contributed by atoms with Gasteiger partial charge in [-0.3, -0.25) is 0 Å². The summed E-state index contributed by atoms with van der Waals surface area (Å²) in [6.07, 6.45) is 11.5. The minimum atomic E-state index is -1.09. The van der Waals surface area contributed by atoms with Gasteiger partial charge in [0.25, 0.3) is 0 Å². The summed E-state index contributed by atoms with van der Waals surface area (Å²) in [4.78, 5) is 4.26. The minimum absolute atomic E-state index is 0.00514. The molecule has 3 aromatic rings. The van der Waals surface area contributed by atoms with Gasteiger partial charge in [0.1, 0.15) is 11.4 Å². The number of ether oxygens (including phenoxy) is 1. The van der Waals surface area contributed by atoms with Crippen LogP contribution in [0.4, 0.5) is 0 Å². The summed E-state index contributed by atoms with van der Waals surface area (Å²) in [7, 11) is 9.83. The lowest BCUT2D eigenvalue weighted by Crippen LogP contribution is -2.44. The first-order valence-electron chi connectivity index (χ1n) is 18.4. The average molecular weight is 738 g/mol. The van der Waals surface area contributed by atoms with Crippen molar-refractivity contribution in [3.05, 3.63) is 111 Å². The van der Waals surface area contributed by atoms with E-state index in [0.29, 0.717) is 10.9 Å². The third-order valence-corrected chi connectivity index (χ3v) is 11.0. The normalized spacial score (nSPS) is 18.0. The van der Waals surface area contributed by atoms with Gasteiger partial charge in [-0.15, -0.1) is 0 Å². The van der Waals surface area contributed by atoms with Crippen molar-refractivity contribution in [3.8, 4) is 5.75 Å². The molecule has 4 atom stereocenters. The van der Waals surface area contributed by atoms with Crippen LogP contribution in [-0.4, -0.2) is 74.0 Å². The van der Waals surface area contributed by atoms with E-state index in [-0.39, 0.29) is 11.8 Å². The maximum Gasteiger partial charge on any atom is 0.118 e. The van der Waals surface area contributed by atoms with Crippen LogP contribution in [0.2, 0.25) is 10.0 Å². The molecular weight excluding hydrogens is 675 g/mol. The van der Waals surface area contributed by atoms with E-state index in [2.05, 4.69) is 50.7 Å². The molecule has 0 bridgehead atoms. The number of halogens is 2. The SMILES string of the molecule is CC(=Cc1ccc(Cl)cc1)C(O)(CC1CCCCC1)C(C)CN(C)C.COc1ccc(C(O)(C(C)=Cc2ccc(Cl)cc2)C(C)CN(C)C)cc1. The van der Waals surface area contributed by atoms with Gasteiger partial charge in [0.05, 0.1) is 12.7 Å². The van der Waals surface area contributed by atoms with Crippen LogP contribution in [0.15, 0.2) is 83.9 Å². The van der Waals surface area contributed by atoms with Crippen LogP contribution < -0.4 is 4.74 Å². The van der Waals surface area contributed by atoms with Gasteiger partial charge < -0.3 is 24.7 Å². The molecule has 0 radical (unpaired) electrons. The lowest BCUT2D eigenvalue weighted by atomic mass is 9.72. The summed E-state index contributed by atoms with van der Waals surface area (Å²) in [5, 5.41) is 25.0. The summed E-state index contributed by atoms with van der Waals surface area (Å²) >= 11 is 12.0. The zero-order chi connectivity index (χ0) is 37.8. The van der Waals surface area contributed by atoms with Gasteiger partial charge >= 0.3 is 0 Å². The zero-order valence-electron chi connectivity index (χ0n) is 32.4. The van der Waals surface area contributed by atoms with Crippen LogP contribution in [0.5, 0.6) is 5.75 Å². The molecular formula is C44H62Cl2N2O3. The Kier molecular flexibility index (Phi) is 16.8. The number of nitrogens with zero attached hydrogens (tertiary/aromatic N) is 2. The molecule has 1 fully saturated rings. The van der Waals surface area contributed by atoms with E-state index in [4.69, 9.17) is 27.9 Å². The van der Waals surface area contributed by atoms with Crippen molar-refractivity contribution in [1.82, 2.24) is 9.80 Å². The topological polar surface area (TPSA) is 56.2 Å². The van der Waals surface area contributed by atoms with E-state index >= 15 is 0 Å². The van der Waals surface area contributed by atoms with E-state index in [9.17, 15) is 10.2 Å². The Morgan fingerprint density at radius 1 is 0.725 bits per heavy atom. The van der Waals surface area contributed by atoms with Gasteiger partial charge in [0.15, 0.2) is 0 Å². The lowest BCUT2D eigenvalue weighted by Gasteiger charge is -2.40. The summed E-state index contributed by atoms with van der Waals surface area (Å²) in [6, 6.07) is 23.1. The molecule has 0 aliphatic heterocycles. The van der Waals surface area contributed by atoms with Crippen LogP contribution in [0.3, 0.4) is 0 Å². The second-order valence-electron chi connectivity index (χ2n) is 15.2. The third-order valence-electron chi connectivity index (χ3n) is 10.5. The molecule has 3 aromatic carbocycles. The first kappa shape index (κ1) is 42.8. The van der Waals surface area contributed by atoms with Crippen LogP contribution in [0, 0.1) is 17.8 Å². The quantitative estimate of drug-likeness (QED) is 0.173. The summed E-state index contributed by atoms with van der Waals surface area (Å²) in [5.74, 6) is 1.59. The fourth-order valence-electron chi connectivity index (χ4n) is 7.56. The number of benzene rings is 3. The predicted molar refractivity (Wildman–Crippen MR) is 219 cm³/mol. The number of hydrogen-bond donors (Lipinski definition) is 2. The van der Waals surface area contributed by atoms with Crippen molar-refractivity contribution < 1.29 is 14.9 Å². The Hall–Kier alpha value is -2.64. The smallest absolute Gasteiger partial charge is 0.118 e. The molecule has 280 valence electrons. The molecule has 1 saturated carbocycles. The van der Waals surface area contributed by atoms with Crippen LogP contribution >= 0.6 is 23.2 Å². The first-order chi connectivity index (χ1) is 24.1. The fraction of sp³-hybridized carbons (Fsp3) is 0.500. The van der Waals surface area contributed by atoms with Gasteiger partial charge in [-0.25, -0.2) is 0 Å². The lowest BCUT2D eigenvalue weighted by molar-refractivity contribution is -0.0109. The highest BCUT2D eigenvalue weighted by molar-refractivity contribution is 6.30. The second-order valence-corrected chi connectivity index (χ2v) is 16.1. The number of methoxy groups -OCH3 is 1. The number of hydrogen-bond acceptors (Lipinski definition) is 5. The molecule has 0 heterocycles. The van der Waals surface area contributed by atoms with E-state index in [1.165, 1.54) is 32.1 Å². The Morgan fingerprint density at radius 2 is 1.18 bits per heavy atom. The molecule has 1 aliphatic rings. The van der Waals surface area contributed by atoms with Gasteiger partial charge in [-0.05, 0) is 119 Å². The van der Waals surface area contributed by atoms with Gasteiger partial charge in [-0.1, -0.05) is 118 Å². The Balaban J connectivity index is 0.000000276. The Labute approximate surface area is 318 Å². The van der Waals surface area contributed by atoms with Gasteiger partial charge in [0, 0.05) is 35.0 Å². The molecule has 7 heteroatoms. The highest BCUT2D eigenvalue weighted by atomic mass is 35.5. The van der Waals surface area contributed by atoms with E-state index in [0.717, 1.165) is 58.1 Å². The number of aliphatic hydroxyl groups is 2. The van der Waals surface area contributed by atoms with Crippen molar-refractivity contribution in [2.75, 3.05) is 48.4 Å². The van der Waals surface area contributed by atoms with Gasteiger partial charge in [0.2, 0.25) is 0 Å². The van der Waals surface area contributed by atoms with Crippen molar-refractivity contribution in [2.24, 2.45) is 17.8 Å². The first-order valence-corrected chi connectivity index (χ1v) is 19.1. The molecule has 1 aliphatic carbocycles. The van der Waals surface area contributed by atoms with Crippen LogP contribution in [-0.2, 0) is 5.60 Å². The summed E-state index contributed by atoms with van der Waals surface area (Å²) in [5.41, 5.74) is 3.07. The molecule has 0 saturated heterocycles. The molecule has 0 amide bonds. The van der Waals surface area contributed by atoms with Crippen molar-refractivity contribution in [2.45, 2.75) is 77.4 Å². The molecule has 4 unspecified atom stereocenters. The maximum absolute atomic E-state index is 11.8. The Morgan fingerprint density at radius 3 is 1.63 bits per heavy atom. The largest absolute Gasteiger partial charge is 0.497 e. The second kappa shape index (κ2) is 20.0. The third kappa shape index (κ3) is 12.5. The van der Waals surface area contributed by atoms with Crippen molar-refractivity contribution >= 4 is 35.4 Å². The summed E-state index contributed by atoms with van der Waals surface area (Å²) in [6.45, 7) is 9.96. The van der Waals surface area contributed by atoms with Crippen LogP contribution in [0.25, 0.3) is 12.2 Å². The molecule has 51 heavy (non-hydrogen) atoms. The van der Waals surface area contributed by atoms with Gasteiger partial charge in [-0.2, -0.15) is 0 Å². The average Bonchev–Trinajstić information content (AvgIpc) is 3.10. The minimum Gasteiger partial charge on any atom is -0.497 e.